The maximum absolute atomic E-state index is 12.0. The summed E-state index contributed by atoms with van der Waals surface area (Å²) in [5.41, 5.74) is 5.28. The van der Waals surface area contributed by atoms with Gasteiger partial charge in [0, 0.05) is 10.6 Å². The first-order valence-corrected chi connectivity index (χ1v) is 8.93. The largest absolute Gasteiger partial charge is 0.728 e. The number of carbonyl (C=O) groups excluding carboxylic acids is 1. The third kappa shape index (κ3) is 5.47. The summed E-state index contributed by atoms with van der Waals surface area (Å²) in [5.74, 6) is -2.18. The summed E-state index contributed by atoms with van der Waals surface area (Å²) in [6.45, 7) is -0.977. The first-order chi connectivity index (χ1) is 13.2. The van der Waals surface area contributed by atoms with Crippen molar-refractivity contribution in [1.29, 1.82) is 0 Å². The van der Waals surface area contributed by atoms with Crippen LogP contribution in [0.3, 0.4) is 0 Å². The van der Waals surface area contributed by atoms with Gasteiger partial charge in [0.1, 0.15) is 37.0 Å². The van der Waals surface area contributed by atoms with E-state index < -0.39 is 64.0 Å². The smallest absolute Gasteiger partial charge is 0.480 e. The van der Waals surface area contributed by atoms with Crippen molar-refractivity contribution in [1.82, 2.24) is 0 Å². The number of nitrogens with two attached hydrogens (primary N) is 1. The first kappa shape index (κ1) is 22.2. The highest BCUT2D eigenvalue weighted by molar-refractivity contribution is 7.33. The lowest BCUT2D eigenvalue weighted by molar-refractivity contribution is -0.765. The van der Waals surface area contributed by atoms with Gasteiger partial charge in [-0.05, 0) is 6.07 Å². The maximum atomic E-state index is 12.0. The lowest BCUT2D eigenvalue weighted by Gasteiger charge is -2.11. The molecule has 13 nitrogen and oxygen atoms in total. The minimum atomic E-state index is -2.81. The van der Waals surface area contributed by atoms with Crippen LogP contribution in [0.5, 0.6) is 0 Å². The van der Waals surface area contributed by atoms with Gasteiger partial charge in [-0.25, -0.2) is 10.1 Å². The summed E-state index contributed by atoms with van der Waals surface area (Å²) < 4.78 is 30.6. The van der Waals surface area contributed by atoms with Crippen LogP contribution in [0.1, 0.15) is 16.6 Å². The second-order valence-corrected chi connectivity index (χ2v) is 6.60. The summed E-state index contributed by atoms with van der Waals surface area (Å²) in [6.07, 6.45) is -2.34. The van der Waals surface area contributed by atoms with Crippen molar-refractivity contribution < 1.29 is 58.0 Å². The van der Waals surface area contributed by atoms with Crippen molar-refractivity contribution in [3.63, 3.8) is 0 Å². The van der Waals surface area contributed by atoms with Gasteiger partial charge in [-0.1, -0.05) is 0 Å². The van der Waals surface area contributed by atoms with E-state index in [9.17, 15) is 24.4 Å². The number of nitrogens with zero attached hydrogens (tertiary/aromatic N) is 1. The van der Waals surface area contributed by atoms with Gasteiger partial charge in [0.05, 0.1) is 4.67 Å². The summed E-state index contributed by atoms with van der Waals surface area (Å²) >= 11 is 0. The van der Waals surface area contributed by atoms with E-state index in [0.29, 0.717) is 0 Å². The van der Waals surface area contributed by atoms with Crippen molar-refractivity contribution >= 4 is 20.2 Å². The molecule has 0 saturated carbocycles. The van der Waals surface area contributed by atoms with Crippen molar-refractivity contribution in [3.8, 4) is 0 Å². The first-order valence-electron chi connectivity index (χ1n) is 7.84. The molecule has 0 radical (unpaired) electrons. The molecule has 0 bridgehead atoms. The molecule has 1 fully saturated rings. The number of aliphatic carboxylic acids is 1. The van der Waals surface area contributed by atoms with Gasteiger partial charge in [-0.3, -0.25) is 4.79 Å². The molecule has 28 heavy (non-hydrogen) atoms. The van der Waals surface area contributed by atoms with Crippen LogP contribution in [0.4, 0.5) is 0 Å². The monoisotopic (exact) mass is 422 g/mol. The number of hydrogen-bond acceptors (Lipinski definition) is 11. The molecular weight excluding hydrogens is 403 g/mol. The zero-order valence-electron chi connectivity index (χ0n) is 14.2. The van der Waals surface area contributed by atoms with E-state index in [4.69, 9.17) is 25.6 Å². The van der Waals surface area contributed by atoms with Crippen molar-refractivity contribution in [3.05, 3.63) is 30.1 Å². The van der Waals surface area contributed by atoms with Crippen LogP contribution < -0.4 is 10.3 Å². The van der Waals surface area contributed by atoms with E-state index in [1.54, 1.807) is 0 Å². The predicted octanol–water partition coefficient (Wildman–Crippen LogP) is -1.67. The Hall–Kier alpha value is -2.09. The van der Waals surface area contributed by atoms with E-state index in [1.807, 2.05) is 0 Å². The molecule has 6 N–H and O–H groups in total. The Balaban J connectivity index is 2.05. The number of aliphatic hydroxyl groups is 2. The van der Waals surface area contributed by atoms with E-state index >= 15 is 0 Å². The zero-order valence-corrected chi connectivity index (χ0v) is 15.1. The highest BCUT2D eigenvalue weighted by atomic mass is 31.1. The Morgan fingerprint density at radius 1 is 1.36 bits per heavy atom. The number of carboxylic acid groups (broad SMARTS) is 1. The molecule has 1 unspecified atom stereocenters. The Morgan fingerprint density at radius 2 is 2.07 bits per heavy atom. The lowest BCUT2D eigenvalue weighted by Crippen LogP contribution is -2.46. The van der Waals surface area contributed by atoms with Crippen molar-refractivity contribution in [2.24, 2.45) is 5.73 Å². The molecular formula is C14H19N2O11P+2. The second kappa shape index (κ2) is 9.91. The summed E-state index contributed by atoms with van der Waals surface area (Å²) in [6, 6.07) is 1.45. The molecule has 1 aliphatic rings. The molecule has 2 rings (SSSR count). The highest BCUT2D eigenvalue weighted by Crippen LogP contribution is 2.29. The standard InChI is InChI=1S/C14H17N2O11P/c15-8(13(19)20)5-24-14(21)7-2-1-3-16(4-7)12-11(18)10(17)9(26-12)6-25-28(23)27-22/h1-4,8-12,17-18H,5-6,15H2/p+2/t8-,9+,10+,11+,12+/m0/s1. The Morgan fingerprint density at radius 3 is 2.71 bits per heavy atom. The number of aliphatic hydroxyl groups excluding tert-OH is 2. The lowest BCUT2D eigenvalue weighted by atomic mass is 10.1. The molecule has 1 aromatic heterocycles. The molecule has 0 aromatic carbocycles. The number of aromatic nitrogens is 1. The Kier molecular flexibility index (Phi) is 7.86. The van der Waals surface area contributed by atoms with Crippen LogP contribution in [-0.2, 0) is 28.0 Å². The van der Waals surface area contributed by atoms with Crippen LogP contribution in [-0.4, -0.2) is 70.1 Å². The van der Waals surface area contributed by atoms with Crippen LogP contribution in [0.25, 0.3) is 0 Å². The molecule has 1 aliphatic heterocycles. The fourth-order valence-corrected chi connectivity index (χ4v) is 2.68. The molecule has 2 heterocycles. The third-order valence-electron chi connectivity index (χ3n) is 3.81. The quantitative estimate of drug-likeness (QED) is 0.0997. The second-order valence-electron chi connectivity index (χ2n) is 5.73. The maximum Gasteiger partial charge on any atom is 0.728 e. The number of hydrogen-bond donors (Lipinski definition) is 5. The van der Waals surface area contributed by atoms with E-state index in [1.165, 1.54) is 29.1 Å². The van der Waals surface area contributed by atoms with Crippen molar-refractivity contribution in [2.75, 3.05) is 13.2 Å². The third-order valence-corrected chi connectivity index (χ3v) is 4.30. The number of esters is 1. The van der Waals surface area contributed by atoms with E-state index in [2.05, 4.69) is 9.20 Å². The van der Waals surface area contributed by atoms with Crippen LogP contribution in [0, 0.1) is 0 Å². The number of carbonyl (C=O) groups is 2. The molecule has 154 valence electrons. The minimum Gasteiger partial charge on any atom is -0.480 e. The Labute approximate surface area is 158 Å². The average Bonchev–Trinajstić information content (AvgIpc) is 2.98. The summed E-state index contributed by atoms with van der Waals surface area (Å²) in [7, 11) is -2.81. The molecule has 14 heteroatoms. The highest BCUT2D eigenvalue weighted by Gasteiger charge is 2.49. The van der Waals surface area contributed by atoms with Gasteiger partial charge >= 0.3 is 20.2 Å². The Bertz CT molecular complexity index is 733. The van der Waals surface area contributed by atoms with Gasteiger partial charge in [0.15, 0.2) is 18.5 Å². The number of ether oxygens (including phenoxy) is 2. The predicted molar refractivity (Wildman–Crippen MR) is 85.7 cm³/mol. The number of carboxylic acids is 1. The fourth-order valence-electron chi connectivity index (χ4n) is 2.36. The molecule has 0 aliphatic carbocycles. The van der Waals surface area contributed by atoms with Gasteiger partial charge < -0.3 is 30.5 Å². The number of pyridine rings is 1. The van der Waals surface area contributed by atoms with E-state index in [0.717, 1.165) is 0 Å². The minimum absolute atomic E-state index is 0.0156. The average molecular weight is 422 g/mol. The normalized spacial score (nSPS) is 25.9. The van der Waals surface area contributed by atoms with Gasteiger partial charge in [-0.15, -0.1) is 4.52 Å². The van der Waals surface area contributed by atoms with Crippen LogP contribution >= 0.6 is 8.25 Å². The molecule has 0 spiro atoms. The van der Waals surface area contributed by atoms with Crippen molar-refractivity contribution in [2.45, 2.75) is 30.6 Å². The van der Waals surface area contributed by atoms with Crippen LogP contribution in [0.2, 0.25) is 0 Å². The molecule has 0 amide bonds. The summed E-state index contributed by atoms with van der Waals surface area (Å²) in [4.78, 5) is 22.7. The molecule has 6 atom stereocenters. The molecule has 1 aromatic rings. The summed E-state index contributed by atoms with van der Waals surface area (Å²) in [5, 5.41) is 37.1. The topological polar surface area (TPSA) is 199 Å². The molecule has 1 saturated heterocycles. The SMILES string of the molecule is N[C@@H](COC(=O)c1ccc[n+]([C@@H]2O[C@H](CO[P+](=O)OO)[C@@H](O)[C@H]2O)c1)C(=O)O. The number of rotatable bonds is 9. The van der Waals surface area contributed by atoms with E-state index in [-0.39, 0.29) is 5.56 Å². The fraction of sp³-hybridized carbons (Fsp3) is 0.500. The van der Waals surface area contributed by atoms with Gasteiger partial charge in [0.2, 0.25) is 0 Å². The van der Waals surface area contributed by atoms with Crippen LogP contribution in [0.15, 0.2) is 24.5 Å². The van der Waals surface area contributed by atoms with Gasteiger partial charge in [-0.2, -0.15) is 4.57 Å². The van der Waals surface area contributed by atoms with Gasteiger partial charge in [0.25, 0.3) is 6.23 Å². The zero-order chi connectivity index (χ0) is 20.8.